The van der Waals surface area contributed by atoms with Crippen molar-refractivity contribution in [2.45, 2.75) is 20.3 Å². The Bertz CT molecular complexity index is 334. The van der Waals surface area contributed by atoms with Crippen molar-refractivity contribution in [1.29, 1.82) is 0 Å². The third-order valence-corrected chi connectivity index (χ3v) is 2.59. The summed E-state index contributed by atoms with van der Waals surface area (Å²) in [7, 11) is 0. The Labute approximate surface area is 99.9 Å². The lowest BCUT2D eigenvalue weighted by Crippen LogP contribution is -2.15. The Morgan fingerprint density at radius 3 is 2.87 bits per heavy atom. The molecule has 0 saturated carbocycles. The van der Waals surface area contributed by atoms with Crippen molar-refractivity contribution in [1.82, 2.24) is 10.3 Å². The Morgan fingerprint density at radius 2 is 2.27 bits per heavy atom. The molecule has 0 spiro atoms. The number of nitrogens with zero attached hydrogens (tertiary/aromatic N) is 1. The SMILES string of the molecule is CCNC/C(=C/c1cncc(Br)c1)CC. The molecule has 15 heavy (non-hydrogen) atoms. The van der Waals surface area contributed by atoms with Crippen LogP contribution in [-0.4, -0.2) is 18.1 Å². The fourth-order valence-electron chi connectivity index (χ4n) is 1.31. The van der Waals surface area contributed by atoms with Crippen LogP contribution >= 0.6 is 15.9 Å². The Hall–Kier alpha value is -0.670. The number of pyridine rings is 1. The molecule has 0 radical (unpaired) electrons. The molecule has 1 aromatic heterocycles. The van der Waals surface area contributed by atoms with E-state index in [1.54, 1.807) is 6.20 Å². The molecule has 0 aliphatic rings. The molecule has 0 aromatic carbocycles. The van der Waals surface area contributed by atoms with Gasteiger partial charge in [0.05, 0.1) is 0 Å². The molecule has 82 valence electrons. The summed E-state index contributed by atoms with van der Waals surface area (Å²) in [6.45, 7) is 6.26. The van der Waals surface area contributed by atoms with Gasteiger partial charge in [-0.25, -0.2) is 0 Å². The van der Waals surface area contributed by atoms with Crippen LogP contribution in [0.2, 0.25) is 0 Å². The predicted molar refractivity (Wildman–Crippen MR) is 68.7 cm³/mol. The molecule has 1 N–H and O–H groups in total. The molecule has 0 saturated heterocycles. The summed E-state index contributed by atoms with van der Waals surface area (Å²) >= 11 is 3.42. The highest BCUT2D eigenvalue weighted by molar-refractivity contribution is 9.10. The molecule has 0 bridgehead atoms. The number of likely N-dealkylation sites (N-methyl/N-ethyl adjacent to an activating group) is 1. The van der Waals surface area contributed by atoms with E-state index in [-0.39, 0.29) is 0 Å². The highest BCUT2D eigenvalue weighted by Gasteiger charge is 1.96. The van der Waals surface area contributed by atoms with Crippen molar-refractivity contribution in [2.24, 2.45) is 0 Å². The second-order valence-electron chi connectivity index (χ2n) is 3.37. The van der Waals surface area contributed by atoms with Crippen LogP contribution in [0, 0.1) is 0 Å². The van der Waals surface area contributed by atoms with Crippen LogP contribution in [0.15, 0.2) is 28.5 Å². The predicted octanol–water partition coefficient (Wildman–Crippen LogP) is 3.25. The first kappa shape index (κ1) is 12.4. The zero-order valence-electron chi connectivity index (χ0n) is 9.26. The number of halogens is 1. The van der Waals surface area contributed by atoms with Crippen LogP contribution in [0.3, 0.4) is 0 Å². The van der Waals surface area contributed by atoms with E-state index in [1.165, 1.54) is 5.57 Å². The van der Waals surface area contributed by atoms with Gasteiger partial charge >= 0.3 is 0 Å². The van der Waals surface area contributed by atoms with Gasteiger partial charge in [0, 0.05) is 23.4 Å². The molecule has 0 aliphatic heterocycles. The summed E-state index contributed by atoms with van der Waals surface area (Å²) in [6.07, 6.45) is 6.94. The van der Waals surface area contributed by atoms with Crippen molar-refractivity contribution in [2.75, 3.05) is 13.1 Å². The van der Waals surface area contributed by atoms with Crippen molar-refractivity contribution in [3.05, 3.63) is 34.1 Å². The monoisotopic (exact) mass is 268 g/mol. The summed E-state index contributed by atoms with van der Waals surface area (Å²) in [5.74, 6) is 0. The molecule has 0 fully saturated rings. The summed E-state index contributed by atoms with van der Waals surface area (Å²) in [5, 5.41) is 3.33. The first-order valence-electron chi connectivity index (χ1n) is 5.27. The van der Waals surface area contributed by atoms with E-state index in [4.69, 9.17) is 0 Å². The van der Waals surface area contributed by atoms with Crippen molar-refractivity contribution >= 4 is 22.0 Å². The van der Waals surface area contributed by atoms with Crippen LogP contribution in [0.4, 0.5) is 0 Å². The van der Waals surface area contributed by atoms with Gasteiger partial charge in [-0.2, -0.15) is 0 Å². The van der Waals surface area contributed by atoms with Crippen LogP contribution in [0.5, 0.6) is 0 Å². The molecule has 0 aliphatic carbocycles. The van der Waals surface area contributed by atoms with E-state index in [0.29, 0.717) is 0 Å². The second-order valence-corrected chi connectivity index (χ2v) is 4.29. The zero-order valence-corrected chi connectivity index (χ0v) is 10.8. The first-order valence-corrected chi connectivity index (χ1v) is 6.06. The minimum Gasteiger partial charge on any atom is -0.313 e. The average Bonchev–Trinajstić information content (AvgIpc) is 2.24. The van der Waals surface area contributed by atoms with Crippen LogP contribution in [0.25, 0.3) is 6.08 Å². The van der Waals surface area contributed by atoms with Crippen molar-refractivity contribution in [3.8, 4) is 0 Å². The highest BCUT2D eigenvalue weighted by Crippen LogP contribution is 2.13. The highest BCUT2D eigenvalue weighted by atomic mass is 79.9. The lowest BCUT2D eigenvalue weighted by molar-refractivity contribution is 0.762. The molecule has 1 aromatic rings. The van der Waals surface area contributed by atoms with E-state index in [1.807, 2.05) is 6.20 Å². The minimum absolute atomic E-state index is 0.958. The number of nitrogens with one attached hydrogen (secondary N) is 1. The molecule has 3 heteroatoms. The van der Waals surface area contributed by atoms with E-state index in [0.717, 1.165) is 29.5 Å². The van der Waals surface area contributed by atoms with E-state index >= 15 is 0 Å². The smallest absolute Gasteiger partial charge is 0.0410 e. The third kappa shape index (κ3) is 4.58. The molecule has 0 atom stereocenters. The number of aromatic nitrogens is 1. The summed E-state index contributed by atoms with van der Waals surface area (Å²) in [6, 6.07) is 2.08. The van der Waals surface area contributed by atoms with Crippen molar-refractivity contribution < 1.29 is 0 Å². The second kappa shape index (κ2) is 6.75. The van der Waals surface area contributed by atoms with E-state index in [2.05, 4.69) is 52.2 Å². The normalized spacial score (nSPS) is 11.8. The molecule has 1 heterocycles. The van der Waals surface area contributed by atoms with Gasteiger partial charge in [0.2, 0.25) is 0 Å². The molecule has 0 unspecified atom stereocenters. The third-order valence-electron chi connectivity index (χ3n) is 2.15. The van der Waals surface area contributed by atoms with Gasteiger partial charge in [-0.15, -0.1) is 0 Å². The summed E-state index contributed by atoms with van der Waals surface area (Å²) in [4.78, 5) is 4.14. The van der Waals surface area contributed by atoms with Crippen molar-refractivity contribution in [3.63, 3.8) is 0 Å². The molecular weight excluding hydrogens is 252 g/mol. The average molecular weight is 269 g/mol. The quantitative estimate of drug-likeness (QED) is 0.887. The lowest BCUT2D eigenvalue weighted by atomic mass is 10.1. The maximum atomic E-state index is 4.14. The lowest BCUT2D eigenvalue weighted by Gasteiger charge is -2.05. The van der Waals surface area contributed by atoms with Gasteiger partial charge in [-0.3, -0.25) is 4.98 Å². The summed E-state index contributed by atoms with van der Waals surface area (Å²) < 4.78 is 1.02. The van der Waals surface area contributed by atoms with Crippen LogP contribution in [-0.2, 0) is 0 Å². The van der Waals surface area contributed by atoms with Gasteiger partial charge in [0.1, 0.15) is 0 Å². The topological polar surface area (TPSA) is 24.9 Å². The van der Waals surface area contributed by atoms with E-state index in [9.17, 15) is 0 Å². The number of rotatable bonds is 5. The zero-order chi connectivity index (χ0) is 11.1. The van der Waals surface area contributed by atoms with Gasteiger partial charge in [-0.05, 0) is 40.5 Å². The fourth-order valence-corrected chi connectivity index (χ4v) is 1.69. The molecule has 2 nitrogen and oxygen atoms in total. The van der Waals surface area contributed by atoms with Crippen LogP contribution < -0.4 is 5.32 Å². The Balaban J connectivity index is 2.74. The molecular formula is C12H17BrN2. The number of hydrogen-bond donors (Lipinski definition) is 1. The van der Waals surface area contributed by atoms with Gasteiger partial charge in [-0.1, -0.05) is 25.5 Å². The maximum absolute atomic E-state index is 4.14. The van der Waals surface area contributed by atoms with Gasteiger partial charge < -0.3 is 5.32 Å². The fraction of sp³-hybridized carbons (Fsp3) is 0.417. The Morgan fingerprint density at radius 1 is 1.47 bits per heavy atom. The largest absolute Gasteiger partial charge is 0.313 e. The summed E-state index contributed by atoms with van der Waals surface area (Å²) in [5.41, 5.74) is 2.55. The minimum atomic E-state index is 0.958. The van der Waals surface area contributed by atoms with Crippen LogP contribution in [0.1, 0.15) is 25.8 Å². The number of hydrogen-bond acceptors (Lipinski definition) is 2. The van der Waals surface area contributed by atoms with Gasteiger partial charge in [0.25, 0.3) is 0 Å². The Kier molecular flexibility index (Phi) is 5.58. The van der Waals surface area contributed by atoms with E-state index < -0.39 is 0 Å². The van der Waals surface area contributed by atoms with Gasteiger partial charge in [0.15, 0.2) is 0 Å². The first-order chi connectivity index (χ1) is 7.26. The maximum Gasteiger partial charge on any atom is 0.0410 e. The molecule has 0 amide bonds. The standard InChI is InChI=1S/C12H17BrN2/c1-3-10(7-14-4-2)5-11-6-12(13)9-15-8-11/h5-6,8-9,14H,3-4,7H2,1-2H3/b10-5+. The molecule has 1 rings (SSSR count).